The molecule has 0 spiro atoms. The van der Waals surface area contributed by atoms with E-state index < -0.39 is 0 Å². The van der Waals surface area contributed by atoms with Crippen LogP contribution in [0.25, 0.3) is 10.2 Å². The molecule has 1 unspecified atom stereocenters. The van der Waals surface area contributed by atoms with Crippen molar-refractivity contribution in [3.8, 4) is 0 Å². The molecule has 0 aliphatic carbocycles. The van der Waals surface area contributed by atoms with Gasteiger partial charge in [-0.25, -0.2) is 9.97 Å². The monoisotopic (exact) mass is 265 g/mol. The number of aliphatic hydroxyl groups is 1. The molecule has 0 saturated heterocycles. The number of rotatable bonds is 4. The Morgan fingerprint density at radius 3 is 2.61 bits per heavy atom. The topological polar surface area (TPSA) is 58.0 Å². The summed E-state index contributed by atoms with van der Waals surface area (Å²) < 4.78 is 0. The minimum absolute atomic E-state index is 0.0436. The third-order valence-electron chi connectivity index (χ3n) is 3.19. The lowest BCUT2D eigenvalue weighted by molar-refractivity contribution is 0.271. The maximum atomic E-state index is 9.30. The van der Waals surface area contributed by atoms with Crippen LogP contribution in [0.1, 0.15) is 29.6 Å². The van der Waals surface area contributed by atoms with Crippen LogP contribution in [-0.4, -0.2) is 27.7 Å². The molecule has 2 N–H and O–H groups in total. The largest absolute Gasteiger partial charge is 0.394 e. The SMILES string of the molecule is CCC(CO)Nc1nc(C)nc2sc(C)c(C)c12. The first kappa shape index (κ1) is 13.2. The minimum atomic E-state index is 0.0436. The Kier molecular flexibility index (Phi) is 3.82. The minimum Gasteiger partial charge on any atom is -0.394 e. The summed E-state index contributed by atoms with van der Waals surface area (Å²) in [5.74, 6) is 1.61. The van der Waals surface area contributed by atoms with Gasteiger partial charge < -0.3 is 10.4 Å². The van der Waals surface area contributed by atoms with Gasteiger partial charge >= 0.3 is 0 Å². The van der Waals surface area contributed by atoms with Crippen LogP contribution in [0.4, 0.5) is 5.82 Å². The molecule has 98 valence electrons. The molecular weight excluding hydrogens is 246 g/mol. The van der Waals surface area contributed by atoms with Crippen molar-refractivity contribution in [2.24, 2.45) is 0 Å². The Labute approximate surface area is 111 Å². The number of hydrogen-bond acceptors (Lipinski definition) is 5. The van der Waals surface area contributed by atoms with Crippen molar-refractivity contribution >= 4 is 27.4 Å². The normalized spacial score (nSPS) is 12.9. The standard InChI is InChI=1S/C13H19N3OS/c1-5-10(6-17)16-12-11-7(2)8(3)18-13(11)15-9(4)14-12/h10,17H,5-6H2,1-4H3,(H,14,15,16). The first-order valence-corrected chi connectivity index (χ1v) is 7.00. The van der Waals surface area contributed by atoms with Crippen LogP contribution < -0.4 is 5.32 Å². The summed E-state index contributed by atoms with van der Waals surface area (Å²) in [6.45, 7) is 8.26. The van der Waals surface area contributed by atoms with Crippen molar-refractivity contribution in [2.45, 2.75) is 40.2 Å². The zero-order valence-corrected chi connectivity index (χ0v) is 12.1. The maximum Gasteiger partial charge on any atom is 0.139 e. The van der Waals surface area contributed by atoms with Gasteiger partial charge in [-0.3, -0.25) is 0 Å². The van der Waals surface area contributed by atoms with E-state index in [4.69, 9.17) is 0 Å². The lowest BCUT2D eigenvalue weighted by Crippen LogP contribution is -2.23. The van der Waals surface area contributed by atoms with Gasteiger partial charge in [0.15, 0.2) is 0 Å². The lowest BCUT2D eigenvalue weighted by Gasteiger charge is -2.16. The van der Waals surface area contributed by atoms with E-state index in [1.807, 2.05) is 13.8 Å². The van der Waals surface area contributed by atoms with E-state index in [1.165, 1.54) is 10.4 Å². The molecule has 2 heterocycles. The summed E-state index contributed by atoms with van der Waals surface area (Å²) in [5.41, 5.74) is 1.23. The van der Waals surface area contributed by atoms with Crippen LogP contribution in [0.3, 0.4) is 0 Å². The van der Waals surface area contributed by atoms with Crippen LogP contribution >= 0.6 is 11.3 Å². The maximum absolute atomic E-state index is 9.30. The van der Waals surface area contributed by atoms with Crippen LogP contribution in [0.2, 0.25) is 0 Å². The van der Waals surface area contributed by atoms with E-state index in [0.29, 0.717) is 0 Å². The Hall–Kier alpha value is -1.20. The highest BCUT2D eigenvalue weighted by molar-refractivity contribution is 7.18. The summed E-state index contributed by atoms with van der Waals surface area (Å²) >= 11 is 1.70. The number of fused-ring (bicyclic) bond motifs is 1. The van der Waals surface area contributed by atoms with Crippen LogP contribution in [0, 0.1) is 20.8 Å². The molecule has 2 rings (SSSR count). The fraction of sp³-hybridized carbons (Fsp3) is 0.538. The second-order valence-corrected chi connectivity index (χ2v) is 5.72. The molecule has 0 aromatic carbocycles. The molecule has 0 bridgehead atoms. The van der Waals surface area contributed by atoms with Crippen molar-refractivity contribution < 1.29 is 5.11 Å². The van der Waals surface area contributed by atoms with Gasteiger partial charge in [-0.1, -0.05) is 6.92 Å². The van der Waals surface area contributed by atoms with Gasteiger partial charge in [0.2, 0.25) is 0 Å². The van der Waals surface area contributed by atoms with Crippen molar-refractivity contribution in [2.75, 3.05) is 11.9 Å². The van der Waals surface area contributed by atoms with Gasteiger partial charge in [0.25, 0.3) is 0 Å². The lowest BCUT2D eigenvalue weighted by atomic mass is 10.2. The predicted octanol–water partition coefficient (Wildman–Crippen LogP) is 2.80. The van der Waals surface area contributed by atoms with Gasteiger partial charge in [0.1, 0.15) is 16.5 Å². The number of nitrogens with one attached hydrogen (secondary N) is 1. The molecule has 2 aromatic heterocycles. The summed E-state index contributed by atoms with van der Waals surface area (Å²) in [4.78, 5) is 11.3. The van der Waals surface area contributed by atoms with Crippen LogP contribution in [-0.2, 0) is 0 Å². The summed E-state index contributed by atoms with van der Waals surface area (Å²) in [7, 11) is 0. The fourth-order valence-electron chi connectivity index (χ4n) is 1.93. The number of hydrogen-bond donors (Lipinski definition) is 2. The van der Waals surface area contributed by atoms with Crippen molar-refractivity contribution in [3.05, 3.63) is 16.3 Å². The molecule has 0 aliphatic heterocycles. The van der Waals surface area contributed by atoms with E-state index in [2.05, 4.69) is 29.1 Å². The number of aliphatic hydroxyl groups excluding tert-OH is 1. The molecule has 5 heteroatoms. The molecule has 0 saturated carbocycles. The number of aryl methyl sites for hydroxylation is 3. The first-order valence-electron chi connectivity index (χ1n) is 6.18. The van der Waals surface area contributed by atoms with Gasteiger partial charge in [-0.2, -0.15) is 0 Å². The van der Waals surface area contributed by atoms with E-state index >= 15 is 0 Å². The van der Waals surface area contributed by atoms with E-state index in [1.54, 1.807) is 11.3 Å². The highest BCUT2D eigenvalue weighted by atomic mass is 32.1. The van der Waals surface area contributed by atoms with Gasteiger partial charge in [-0.15, -0.1) is 11.3 Å². The van der Waals surface area contributed by atoms with Crippen LogP contribution in [0.5, 0.6) is 0 Å². The number of anilines is 1. The average Bonchev–Trinajstić information content (AvgIpc) is 2.61. The third kappa shape index (κ3) is 2.33. The Morgan fingerprint density at radius 1 is 1.28 bits per heavy atom. The average molecular weight is 265 g/mol. The van der Waals surface area contributed by atoms with Crippen molar-refractivity contribution in [1.29, 1.82) is 0 Å². The first-order chi connectivity index (χ1) is 8.56. The molecule has 0 fully saturated rings. The summed E-state index contributed by atoms with van der Waals surface area (Å²) in [5, 5.41) is 13.7. The number of thiophene rings is 1. The van der Waals surface area contributed by atoms with Gasteiger partial charge in [0.05, 0.1) is 18.0 Å². The van der Waals surface area contributed by atoms with Crippen molar-refractivity contribution in [3.63, 3.8) is 0 Å². The third-order valence-corrected chi connectivity index (χ3v) is 4.30. The molecule has 2 aromatic rings. The summed E-state index contributed by atoms with van der Waals surface area (Å²) in [6.07, 6.45) is 0.864. The van der Waals surface area contributed by atoms with Crippen LogP contribution in [0.15, 0.2) is 0 Å². The zero-order valence-electron chi connectivity index (χ0n) is 11.2. The quantitative estimate of drug-likeness (QED) is 0.892. The van der Waals surface area contributed by atoms with Gasteiger partial charge in [-0.05, 0) is 32.8 Å². The van der Waals surface area contributed by atoms with Gasteiger partial charge in [0, 0.05) is 4.88 Å². The van der Waals surface area contributed by atoms with E-state index in [-0.39, 0.29) is 12.6 Å². The fourth-order valence-corrected chi connectivity index (χ4v) is 3.01. The van der Waals surface area contributed by atoms with Crippen molar-refractivity contribution in [1.82, 2.24) is 9.97 Å². The molecule has 0 aliphatic rings. The number of nitrogens with zero attached hydrogens (tertiary/aromatic N) is 2. The highest BCUT2D eigenvalue weighted by Gasteiger charge is 2.15. The molecule has 18 heavy (non-hydrogen) atoms. The second-order valence-electron chi connectivity index (χ2n) is 4.51. The highest BCUT2D eigenvalue weighted by Crippen LogP contribution is 2.33. The molecule has 0 amide bonds. The Balaban J connectivity index is 2.54. The molecule has 0 radical (unpaired) electrons. The Bertz CT molecular complexity index is 561. The molecule has 1 atom stereocenters. The smallest absolute Gasteiger partial charge is 0.139 e. The molecular formula is C13H19N3OS. The van der Waals surface area contributed by atoms with E-state index in [9.17, 15) is 5.11 Å². The zero-order chi connectivity index (χ0) is 13.3. The number of aromatic nitrogens is 2. The Morgan fingerprint density at radius 2 is 2.00 bits per heavy atom. The van der Waals surface area contributed by atoms with E-state index in [0.717, 1.165) is 28.3 Å². The predicted molar refractivity (Wildman–Crippen MR) is 76.4 cm³/mol. The molecule has 4 nitrogen and oxygen atoms in total. The summed E-state index contributed by atoms with van der Waals surface area (Å²) in [6, 6.07) is 0.0436. The second kappa shape index (κ2) is 5.20.